The lowest BCUT2D eigenvalue weighted by Crippen LogP contribution is -2.24. The van der Waals surface area contributed by atoms with Gasteiger partial charge in [0.1, 0.15) is 5.82 Å². The molecular weight excluding hydrogens is 388 g/mol. The summed E-state index contributed by atoms with van der Waals surface area (Å²) in [6, 6.07) is 7.44. The molecule has 2 heterocycles. The van der Waals surface area contributed by atoms with E-state index in [1.165, 1.54) is 0 Å². The average Bonchev–Trinajstić information content (AvgIpc) is 3.29. The summed E-state index contributed by atoms with van der Waals surface area (Å²) in [7, 11) is -3.86. The highest BCUT2D eigenvalue weighted by Crippen LogP contribution is 2.21. The Labute approximate surface area is 160 Å². The number of rotatable bonds is 7. The van der Waals surface area contributed by atoms with Crippen molar-refractivity contribution in [2.45, 2.75) is 31.2 Å². The number of sulfonamides is 1. The fraction of sp³-hybridized carbons (Fsp3) is 0.250. The fourth-order valence-electron chi connectivity index (χ4n) is 2.34. The maximum atomic E-state index is 12.5. The largest absolute Gasteiger partial charge is 0.304 e. The number of aromatic nitrogens is 4. The van der Waals surface area contributed by atoms with Crippen LogP contribution in [-0.4, -0.2) is 34.1 Å². The molecule has 0 radical (unpaired) electrons. The van der Waals surface area contributed by atoms with Gasteiger partial charge in [-0.2, -0.15) is 0 Å². The Morgan fingerprint density at radius 3 is 2.74 bits per heavy atom. The number of amides is 1. The molecule has 0 atom stereocenters. The lowest BCUT2D eigenvalue weighted by molar-refractivity contribution is -0.115. The molecule has 0 aliphatic rings. The van der Waals surface area contributed by atoms with Crippen molar-refractivity contribution in [3.05, 3.63) is 48.0 Å². The van der Waals surface area contributed by atoms with Crippen molar-refractivity contribution >= 4 is 32.4 Å². The second-order valence-electron chi connectivity index (χ2n) is 5.57. The van der Waals surface area contributed by atoms with Crippen LogP contribution in [0.2, 0.25) is 0 Å². The van der Waals surface area contributed by atoms with E-state index in [1.807, 2.05) is 42.0 Å². The van der Waals surface area contributed by atoms with E-state index < -0.39 is 10.0 Å². The van der Waals surface area contributed by atoms with Crippen molar-refractivity contribution in [2.75, 3.05) is 5.32 Å². The number of carbonyl (C=O) groups excluding carboxylic acids is 1. The normalized spacial score (nSPS) is 11.5. The van der Waals surface area contributed by atoms with Crippen LogP contribution >= 0.6 is 11.3 Å². The Bertz CT molecular complexity index is 1060. The van der Waals surface area contributed by atoms with Gasteiger partial charge < -0.3 is 9.88 Å². The molecule has 2 aromatic heterocycles. The minimum atomic E-state index is -3.86. The van der Waals surface area contributed by atoms with Gasteiger partial charge in [-0.1, -0.05) is 36.5 Å². The summed E-state index contributed by atoms with van der Waals surface area (Å²) < 4.78 is 29.2. The molecule has 0 aliphatic carbocycles. The van der Waals surface area contributed by atoms with Crippen LogP contribution in [0.1, 0.15) is 24.7 Å². The molecule has 3 rings (SSSR count). The molecule has 0 spiro atoms. The van der Waals surface area contributed by atoms with Crippen molar-refractivity contribution in [2.24, 2.45) is 0 Å². The van der Waals surface area contributed by atoms with E-state index in [1.54, 1.807) is 13.1 Å². The number of imidazole rings is 1. The Morgan fingerprint density at radius 1 is 1.26 bits per heavy atom. The predicted octanol–water partition coefficient (Wildman–Crippen LogP) is 1.86. The number of hydrogen-bond acceptors (Lipinski definition) is 7. The highest BCUT2D eigenvalue weighted by molar-refractivity contribution is 7.91. The molecule has 0 aliphatic heterocycles. The molecule has 2 N–H and O–H groups in total. The van der Waals surface area contributed by atoms with Crippen LogP contribution < -0.4 is 10.0 Å². The number of nitrogens with one attached hydrogen (secondary N) is 2. The second kappa shape index (κ2) is 7.94. The highest BCUT2D eigenvalue weighted by atomic mass is 32.2. The van der Waals surface area contributed by atoms with Crippen molar-refractivity contribution in [1.82, 2.24) is 24.5 Å². The monoisotopic (exact) mass is 406 g/mol. The van der Waals surface area contributed by atoms with Crippen molar-refractivity contribution < 1.29 is 13.2 Å². The van der Waals surface area contributed by atoms with Crippen LogP contribution in [0.4, 0.5) is 5.13 Å². The molecule has 0 fully saturated rings. The first-order chi connectivity index (χ1) is 12.9. The molecule has 27 heavy (non-hydrogen) atoms. The Kier molecular flexibility index (Phi) is 5.63. The number of para-hydroxylation sites is 1. The Hall–Kier alpha value is -2.63. The van der Waals surface area contributed by atoms with Gasteiger partial charge in [-0.3, -0.25) is 4.79 Å². The smallest absolute Gasteiger partial charge is 0.270 e. The van der Waals surface area contributed by atoms with Gasteiger partial charge in [-0.15, -0.1) is 10.2 Å². The van der Waals surface area contributed by atoms with E-state index in [9.17, 15) is 13.2 Å². The van der Waals surface area contributed by atoms with Gasteiger partial charge >= 0.3 is 0 Å². The number of nitrogens with zero attached hydrogens (tertiary/aromatic N) is 4. The van der Waals surface area contributed by atoms with Crippen LogP contribution in [-0.2, 0) is 21.4 Å². The molecule has 1 amide bonds. The molecule has 11 heteroatoms. The maximum absolute atomic E-state index is 12.5. The van der Waals surface area contributed by atoms with E-state index in [2.05, 4.69) is 25.2 Å². The van der Waals surface area contributed by atoms with Gasteiger partial charge in [0.05, 0.1) is 5.69 Å². The summed E-state index contributed by atoms with van der Waals surface area (Å²) in [6.07, 6.45) is 3.77. The van der Waals surface area contributed by atoms with Gasteiger partial charge in [0.25, 0.3) is 10.0 Å². The fourth-order valence-corrected chi connectivity index (χ4v) is 4.30. The minimum absolute atomic E-state index is 0.0758. The van der Waals surface area contributed by atoms with Gasteiger partial charge in [0, 0.05) is 25.4 Å². The predicted molar refractivity (Wildman–Crippen MR) is 101 cm³/mol. The van der Waals surface area contributed by atoms with E-state index in [0.29, 0.717) is 0 Å². The van der Waals surface area contributed by atoms with Crippen molar-refractivity contribution in [1.29, 1.82) is 0 Å². The first kappa shape index (κ1) is 19.1. The first-order valence-electron chi connectivity index (χ1n) is 8.12. The standard InChI is InChI=1S/C16H18N6O3S2/c1-3-14(23)19-15-20-21-16(26-15)27(24,25)18-10-12-6-4-5-7-13(12)22-9-8-17-11(22)2/h4-9,18H,3,10H2,1-2H3,(H,19,20,23). The third kappa shape index (κ3) is 4.38. The van der Waals surface area contributed by atoms with Crippen LogP contribution in [0.5, 0.6) is 0 Å². The molecule has 9 nitrogen and oxygen atoms in total. The zero-order chi connectivity index (χ0) is 19.4. The number of carbonyl (C=O) groups is 1. The van der Waals surface area contributed by atoms with E-state index in [4.69, 9.17) is 0 Å². The molecule has 0 unspecified atom stereocenters. The minimum Gasteiger partial charge on any atom is -0.304 e. The molecule has 0 bridgehead atoms. The summed E-state index contributed by atoms with van der Waals surface area (Å²) in [4.78, 5) is 15.6. The third-order valence-electron chi connectivity index (χ3n) is 3.73. The number of anilines is 1. The molecule has 142 valence electrons. The van der Waals surface area contributed by atoms with E-state index >= 15 is 0 Å². The summed E-state index contributed by atoms with van der Waals surface area (Å²) >= 11 is 0.803. The number of benzene rings is 1. The molecule has 0 saturated heterocycles. The van der Waals surface area contributed by atoms with Gasteiger partial charge in [-0.25, -0.2) is 18.1 Å². The molecule has 1 aromatic carbocycles. The summed E-state index contributed by atoms with van der Waals surface area (Å²) in [5.74, 6) is 0.540. The molecular formula is C16H18N6O3S2. The average molecular weight is 406 g/mol. The Morgan fingerprint density at radius 2 is 2.04 bits per heavy atom. The number of hydrogen-bond donors (Lipinski definition) is 2. The lowest BCUT2D eigenvalue weighted by Gasteiger charge is -2.12. The van der Waals surface area contributed by atoms with Crippen molar-refractivity contribution in [3.63, 3.8) is 0 Å². The highest BCUT2D eigenvalue weighted by Gasteiger charge is 2.21. The molecule has 3 aromatic rings. The Balaban J connectivity index is 1.77. The van der Waals surface area contributed by atoms with Crippen LogP contribution in [0, 0.1) is 6.92 Å². The third-order valence-corrected chi connectivity index (χ3v) is 6.34. The van der Waals surface area contributed by atoms with Gasteiger partial charge in [0.2, 0.25) is 15.4 Å². The topological polar surface area (TPSA) is 119 Å². The summed E-state index contributed by atoms with van der Waals surface area (Å²) in [6.45, 7) is 3.63. The van der Waals surface area contributed by atoms with Gasteiger partial charge in [-0.05, 0) is 18.6 Å². The van der Waals surface area contributed by atoms with Crippen molar-refractivity contribution in [3.8, 4) is 5.69 Å². The van der Waals surface area contributed by atoms with Crippen LogP contribution in [0.15, 0.2) is 41.0 Å². The maximum Gasteiger partial charge on any atom is 0.270 e. The quantitative estimate of drug-likeness (QED) is 0.578. The zero-order valence-electron chi connectivity index (χ0n) is 14.7. The second-order valence-corrected chi connectivity index (χ2v) is 8.49. The van der Waals surface area contributed by atoms with Crippen LogP contribution in [0.3, 0.4) is 0 Å². The van der Waals surface area contributed by atoms with Gasteiger partial charge in [0.15, 0.2) is 0 Å². The first-order valence-corrected chi connectivity index (χ1v) is 10.4. The van der Waals surface area contributed by atoms with Crippen LogP contribution in [0.25, 0.3) is 5.69 Å². The SMILES string of the molecule is CCC(=O)Nc1nnc(S(=O)(=O)NCc2ccccc2-n2ccnc2C)s1. The van der Waals surface area contributed by atoms with E-state index in [-0.39, 0.29) is 28.3 Å². The summed E-state index contributed by atoms with van der Waals surface area (Å²) in [5, 5.41) is 10.0. The van der Waals surface area contributed by atoms with E-state index in [0.717, 1.165) is 28.4 Å². The molecule has 0 saturated carbocycles. The summed E-state index contributed by atoms with van der Waals surface area (Å²) in [5.41, 5.74) is 1.62. The number of aryl methyl sites for hydroxylation is 1. The zero-order valence-corrected chi connectivity index (χ0v) is 16.3. The lowest BCUT2D eigenvalue weighted by atomic mass is 10.2.